The van der Waals surface area contributed by atoms with Gasteiger partial charge in [0.1, 0.15) is 17.4 Å². The van der Waals surface area contributed by atoms with Crippen LogP contribution in [0.2, 0.25) is 10.0 Å². The van der Waals surface area contributed by atoms with Crippen LogP contribution in [0.5, 0.6) is 0 Å². The molecule has 0 aliphatic carbocycles. The molecule has 0 saturated carbocycles. The highest BCUT2D eigenvalue weighted by atomic mass is 35.5. The number of aromatic nitrogens is 1. The number of benzene rings is 3. The molecule has 1 amide bonds. The summed E-state index contributed by atoms with van der Waals surface area (Å²) in [7, 11) is 0. The molecule has 0 unspecified atom stereocenters. The molecule has 2 heterocycles. The summed E-state index contributed by atoms with van der Waals surface area (Å²) in [4.78, 5) is 34.3. The lowest BCUT2D eigenvalue weighted by molar-refractivity contribution is -0.137. The lowest BCUT2D eigenvalue weighted by Crippen LogP contribution is -2.39. The van der Waals surface area contributed by atoms with Crippen molar-refractivity contribution in [3.8, 4) is 0 Å². The summed E-state index contributed by atoms with van der Waals surface area (Å²) < 4.78 is 54.5. The van der Waals surface area contributed by atoms with Crippen molar-refractivity contribution in [2.45, 2.75) is 31.5 Å². The molecule has 1 aliphatic heterocycles. The number of anilines is 2. The molecule has 0 atom stereocenters. The number of hydrogen-bond acceptors (Lipinski definition) is 4. The summed E-state index contributed by atoms with van der Waals surface area (Å²) in [6.07, 6.45) is -2.29. The maximum atomic E-state index is 13.9. The maximum absolute atomic E-state index is 13.9. The molecule has 12 heteroatoms. The molecule has 4 aromatic rings. The van der Waals surface area contributed by atoms with Gasteiger partial charge in [-0.25, -0.2) is 4.39 Å². The van der Waals surface area contributed by atoms with E-state index >= 15 is 0 Å². The number of amides is 1. The van der Waals surface area contributed by atoms with Gasteiger partial charge in [0, 0.05) is 13.1 Å². The second kappa shape index (κ2) is 12.7. The van der Waals surface area contributed by atoms with Crippen molar-refractivity contribution < 1.29 is 27.2 Å². The summed E-state index contributed by atoms with van der Waals surface area (Å²) in [5, 5.41) is 2.17. The van der Waals surface area contributed by atoms with Crippen molar-refractivity contribution in [2.75, 3.05) is 18.4 Å². The van der Waals surface area contributed by atoms with Crippen LogP contribution in [0.15, 0.2) is 83.8 Å². The quantitative estimate of drug-likeness (QED) is 0.212. The Morgan fingerprint density at radius 1 is 0.977 bits per heavy atom. The third-order valence-electron chi connectivity index (χ3n) is 7.24. The Hall–Kier alpha value is -4.02. The molecule has 1 fully saturated rings. The van der Waals surface area contributed by atoms with Gasteiger partial charge >= 0.3 is 11.7 Å². The van der Waals surface area contributed by atoms with Crippen LogP contribution in [0, 0.1) is 5.82 Å². The second-order valence-electron chi connectivity index (χ2n) is 10.1. The summed E-state index contributed by atoms with van der Waals surface area (Å²) in [5.41, 5.74) is -0.574. The maximum Gasteiger partial charge on any atom is 0.416 e. The van der Waals surface area contributed by atoms with Gasteiger partial charge in [0.05, 0.1) is 33.7 Å². The standard InChI is InChI=1S/C31H25Cl2F4N3O3/c32-25-11-8-22(31(35,36)37)16-26(25)38-28-24(17-40(30(42)27(28)33)43-18-19-4-2-1-3-5-19)29(41)39-14-12-21(13-15-39)20-6-9-23(34)10-7-20/h1-11,16-17,21,38H,12-15,18H2. The van der Waals surface area contributed by atoms with Crippen LogP contribution in [0.25, 0.3) is 0 Å². The van der Waals surface area contributed by atoms with Gasteiger partial charge in [-0.05, 0) is 60.2 Å². The molecule has 6 nitrogen and oxygen atoms in total. The lowest BCUT2D eigenvalue weighted by atomic mass is 9.89. The van der Waals surface area contributed by atoms with E-state index in [1.54, 1.807) is 41.3 Å². The fraction of sp³-hybridized carbons (Fsp3) is 0.226. The largest absolute Gasteiger partial charge is 0.416 e. The van der Waals surface area contributed by atoms with Crippen molar-refractivity contribution in [1.29, 1.82) is 0 Å². The van der Waals surface area contributed by atoms with Gasteiger partial charge in [0.15, 0.2) is 0 Å². The normalized spacial score (nSPS) is 14.0. The first-order valence-corrected chi connectivity index (χ1v) is 14.1. The van der Waals surface area contributed by atoms with Gasteiger partial charge < -0.3 is 15.1 Å². The molecule has 43 heavy (non-hydrogen) atoms. The third-order valence-corrected chi connectivity index (χ3v) is 7.92. The Labute approximate surface area is 254 Å². The molecule has 1 N–H and O–H groups in total. The average molecular weight is 634 g/mol. The van der Waals surface area contributed by atoms with Crippen LogP contribution >= 0.6 is 23.2 Å². The number of carbonyl (C=O) groups is 1. The fourth-order valence-corrected chi connectivity index (χ4v) is 5.31. The SMILES string of the molecule is O=C(c1cn(OCc2ccccc2)c(=O)c(Cl)c1Nc1cc(C(F)(F)F)ccc1Cl)N1CCC(c2ccc(F)cc2)CC1. The predicted octanol–water partition coefficient (Wildman–Crippen LogP) is 7.71. The first-order valence-electron chi connectivity index (χ1n) is 13.3. The molecule has 0 spiro atoms. The first kappa shape index (κ1) is 30.4. The summed E-state index contributed by atoms with van der Waals surface area (Å²) in [6, 6.07) is 17.9. The van der Waals surface area contributed by atoms with E-state index in [4.69, 9.17) is 28.0 Å². The van der Waals surface area contributed by atoms with E-state index in [0.717, 1.165) is 34.1 Å². The van der Waals surface area contributed by atoms with Crippen LogP contribution in [0.3, 0.4) is 0 Å². The Balaban J connectivity index is 1.48. The van der Waals surface area contributed by atoms with Crippen molar-refractivity contribution >= 4 is 40.5 Å². The molecule has 3 aromatic carbocycles. The number of rotatable bonds is 7. The molecule has 1 saturated heterocycles. The smallest absolute Gasteiger partial charge is 0.406 e. The van der Waals surface area contributed by atoms with Gasteiger partial charge in [-0.15, -0.1) is 0 Å². The highest BCUT2D eigenvalue weighted by molar-refractivity contribution is 6.35. The zero-order chi connectivity index (χ0) is 30.7. The highest BCUT2D eigenvalue weighted by Crippen LogP contribution is 2.37. The number of piperidine rings is 1. The van der Waals surface area contributed by atoms with Crippen LogP contribution < -0.4 is 15.7 Å². The van der Waals surface area contributed by atoms with E-state index in [2.05, 4.69) is 5.32 Å². The van der Waals surface area contributed by atoms with Crippen molar-refractivity contribution in [1.82, 2.24) is 9.63 Å². The minimum absolute atomic E-state index is 0.0139. The van der Waals surface area contributed by atoms with E-state index in [-0.39, 0.29) is 40.3 Å². The van der Waals surface area contributed by atoms with Crippen LogP contribution in [-0.4, -0.2) is 28.6 Å². The fourth-order valence-electron chi connectivity index (χ4n) is 4.91. The van der Waals surface area contributed by atoms with E-state index in [1.165, 1.54) is 18.3 Å². The lowest BCUT2D eigenvalue weighted by Gasteiger charge is -2.33. The molecule has 5 rings (SSSR count). The minimum atomic E-state index is -4.66. The number of carbonyl (C=O) groups excluding carboxylic acids is 1. The summed E-state index contributed by atoms with van der Waals surface area (Å²) in [6.45, 7) is 0.665. The van der Waals surface area contributed by atoms with E-state index < -0.39 is 28.2 Å². The number of halogens is 6. The van der Waals surface area contributed by atoms with Gasteiger partial charge in [-0.2, -0.15) is 17.9 Å². The zero-order valence-electron chi connectivity index (χ0n) is 22.5. The Bertz CT molecular complexity index is 1670. The molecule has 224 valence electrons. The van der Waals surface area contributed by atoms with Crippen LogP contribution in [0.4, 0.5) is 28.9 Å². The average Bonchev–Trinajstić information content (AvgIpc) is 3.00. The highest BCUT2D eigenvalue weighted by Gasteiger charge is 2.32. The molecular formula is C31H25Cl2F4N3O3. The minimum Gasteiger partial charge on any atom is -0.406 e. The molecule has 1 aromatic heterocycles. The van der Waals surface area contributed by atoms with Crippen molar-refractivity contribution in [3.05, 3.63) is 127 Å². The third kappa shape index (κ3) is 6.97. The Morgan fingerprint density at radius 2 is 1.65 bits per heavy atom. The van der Waals surface area contributed by atoms with Gasteiger partial charge in [-0.3, -0.25) is 9.59 Å². The van der Waals surface area contributed by atoms with Crippen molar-refractivity contribution in [3.63, 3.8) is 0 Å². The number of pyridine rings is 1. The van der Waals surface area contributed by atoms with Gasteiger partial charge in [-0.1, -0.05) is 65.7 Å². The zero-order valence-corrected chi connectivity index (χ0v) is 24.0. The Kier molecular flexibility index (Phi) is 8.98. The van der Waals surface area contributed by atoms with Gasteiger partial charge in [0.25, 0.3) is 5.91 Å². The number of hydrogen-bond donors (Lipinski definition) is 1. The Morgan fingerprint density at radius 3 is 2.30 bits per heavy atom. The predicted molar refractivity (Wildman–Crippen MR) is 156 cm³/mol. The van der Waals surface area contributed by atoms with Crippen LogP contribution in [0.1, 0.15) is 45.8 Å². The first-order chi connectivity index (χ1) is 20.5. The topological polar surface area (TPSA) is 63.6 Å². The number of nitrogens with zero attached hydrogens (tertiary/aromatic N) is 2. The number of likely N-dealkylation sites (tertiary alicyclic amines) is 1. The second-order valence-corrected chi connectivity index (χ2v) is 10.8. The molecule has 0 bridgehead atoms. The summed E-state index contributed by atoms with van der Waals surface area (Å²) in [5.74, 6) is -0.737. The van der Waals surface area contributed by atoms with E-state index in [1.807, 2.05) is 6.07 Å². The number of nitrogens with one attached hydrogen (secondary N) is 1. The van der Waals surface area contributed by atoms with Gasteiger partial charge in [0.2, 0.25) is 0 Å². The summed E-state index contributed by atoms with van der Waals surface area (Å²) >= 11 is 12.7. The number of alkyl halides is 3. The van der Waals surface area contributed by atoms with Crippen LogP contribution in [-0.2, 0) is 12.8 Å². The van der Waals surface area contributed by atoms with E-state index in [9.17, 15) is 27.2 Å². The van der Waals surface area contributed by atoms with Crippen molar-refractivity contribution in [2.24, 2.45) is 0 Å². The molecule has 1 aliphatic rings. The molecular weight excluding hydrogens is 609 g/mol. The van der Waals surface area contributed by atoms with E-state index in [0.29, 0.717) is 25.9 Å². The molecule has 0 radical (unpaired) electrons. The monoisotopic (exact) mass is 633 g/mol.